The van der Waals surface area contributed by atoms with Crippen LogP contribution in [0.2, 0.25) is 5.02 Å². The number of nitrogens with zero attached hydrogens (tertiary/aromatic N) is 3. The van der Waals surface area contributed by atoms with E-state index in [9.17, 15) is 12.8 Å². The number of sulfonamides is 1. The molecular formula is C19H18ClFN4O2S. The standard InChI is InChI=1S/C19H18ClFN4O2S/c20-14-8-9-17(16(21)12-14)28(26,27)24-15-6-4-5-13(11-15)19-23-22-18-7-2-1-3-10-25(18)19/h4-6,8-9,11-12,24H,1-3,7,10H2. The molecule has 0 saturated carbocycles. The molecule has 0 spiro atoms. The molecule has 0 amide bonds. The Hall–Kier alpha value is -2.45. The first kappa shape index (κ1) is 18.9. The number of anilines is 1. The molecule has 0 atom stereocenters. The average Bonchev–Trinajstić information content (AvgIpc) is 2.90. The fourth-order valence-electron chi connectivity index (χ4n) is 3.32. The van der Waals surface area contributed by atoms with Crippen LogP contribution in [-0.2, 0) is 23.0 Å². The van der Waals surface area contributed by atoms with E-state index in [-0.39, 0.29) is 5.02 Å². The second kappa shape index (κ2) is 7.52. The Morgan fingerprint density at radius 1 is 1.07 bits per heavy atom. The van der Waals surface area contributed by atoms with Gasteiger partial charge in [-0.2, -0.15) is 0 Å². The minimum atomic E-state index is -4.10. The summed E-state index contributed by atoms with van der Waals surface area (Å²) in [4.78, 5) is -0.460. The molecule has 1 aliphatic rings. The Bertz CT molecular complexity index is 1130. The molecule has 0 aliphatic carbocycles. The topological polar surface area (TPSA) is 76.9 Å². The molecule has 1 N–H and O–H groups in total. The van der Waals surface area contributed by atoms with Crippen molar-refractivity contribution in [3.05, 3.63) is 59.1 Å². The molecular weight excluding hydrogens is 403 g/mol. The van der Waals surface area contributed by atoms with E-state index in [4.69, 9.17) is 11.6 Å². The van der Waals surface area contributed by atoms with Crippen LogP contribution in [0.1, 0.15) is 25.1 Å². The van der Waals surface area contributed by atoms with Crippen molar-refractivity contribution >= 4 is 27.3 Å². The van der Waals surface area contributed by atoms with Gasteiger partial charge in [0.25, 0.3) is 10.0 Å². The number of halogens is 2. The number of hydrogen-bond acceptors (Lipinski definition) is 4. The van der Waals surface area contributed by atoms with Crippen molar-refractivity contribution in [1.82, 2.24) is 14.8 Å². The van der Waals surface area contributed by atoms with Crippen molar-refractivity contribution in [2.75, 3.05) is 4.72 Å². The third-order valence-corrected chi connectivity index (χ3v) is 6.32. The van der Waals surface area contributed by atoms with Crippen molar-refractivity contribution in [2.45, 2.75) is 37.1 Å². The van der Waals surface area contributed by atoms with Crippen molar-refractivity contribution in [3.8, 4) is 11.4 Å². The second-order valence-electron chi connectivity index (χ2n) is 6.66. The molecule has 2 heterocycles. The van der Waals surface area contributed by atoms with Gasteiger partial charge in [0.15, 0.2) is 5.82 Å². The van der Waals surface area contributed by atoms with Crippen molar-refractivity contribution < 1.29 is 12.8 Å². The highest BCUT2D eigenvalue weighted by atomic mass is 35.5. The largest absolute Gasteiger partial charge is 0.311 e. The van der Waals surface area contributed by atoms with Crippen LogP contribution in [-0.4, -0.2) is 23.2 Å². The summed E-state index contributed by atoms with van der Waals surface area (Å²) in [5.41, 5.74) is 1.07. The molecule has 0 unspecified atom stereocenters. The first-order valence-corrected chi connectivity index (χ1v) is 10.8. The Labute approximate surface area is 167 Å². The highest BCUT2D eigenvalue weighted by molar-refractivity contribution is 7.92. The third-order valence-electron chi connectivity index (χ3n) is 4.67. The van der Waals surface area contributed by atoms with Crippen LogP contribution < -0.4 is 4.72 Å². The summed E-state index contributed by atoms with van der Waals surface area (Å²) in [7, 11) is -4.10. The van der Waals surface area contributed by atoms with Gasteiger partial charge < -0.3 is 4.57 Å². The number of fused-ring (bicyclic) bond motifs is 1. The fourth-order valence-corrected chi connectivity index (χ4v) is 4.59. The molecule has 3 aromatic rings. The number of rotatable bonds is 4. The zero-order valence-electron chi connectivity index (χ0n) is 14.9. The number of benzene rings is 2. The Morgan fingerprint density at radius 3 is 2.75 bits per heavy atom. The Morgan fingerprint density at radius 2 is 1.93 bits per heavy atom. The lowest BCUT2D eigenvalue weighted by Crippen LogP contribution is -2.14. The van der Waals surface area contributed by atoms with E-state index < -0.39 is 20.7 Å². The van der Waals surface area contributed by atoms with Gasteiger partial charge in [-0.15, -0.1) is 10.2 Å². The predicted octanol–water partition coefficient (Wildman–Crippen LogP) is 4.26. The highest BCUT2D eigenvalue weighted by Crippen LogP contribution is 2.27. The molecule has 0 fully saturated rings. The van der Waals surface area contributed by atoms with Crippen molar-refractivity contribution in [1.29, 1.82) is 0 Å². The molecule has 6 nitrogen and oxygen atoms in total. The van der Waals surface area contributed by atoms with Gasteiger partial charge in [0, 0.05) is 29.2 Å². The molecule has 4 rings (SSSR count). The quantitative estimate of drug-likeness (QED) is 0.684. The van der Waals surface area contributed by atoms with E-state index in [1.165, 1.54) is 6.07 Å². The van der Waals surface area contributed by atoms with Gasteiger partial charge in [-0.1, -0.05) is 30.2 Å². The highest BCUT2D eigenvalue weighted by Gasteiger charge is 2.21. The maximum Gasteiger partial charge on any atom is 0.264 e. The molecule has 146 valence electrons. The lowest BCUT2D eigenvalue weighted by Gasteiger charge is -2.11. The van der Waals surface area contributed by atoms with Crippen molar-refractivity contribution in [2.24, 2.45) is 0 Å². The Kier molecular flexibility index (Phi) is 5.07. The summed E-state index contributed by atoms with van der Waals surface area (Å²) in [5, 5.41) is 8.70. The van der Waals surface area contributed by atoms with E-state index in [1.54, 1.807) is 18.2 Å². The molecule has 2 aromatic carbocycles. The van der Waals surface area contributed by atoms with Gasteiger partial charge in [-0.05, 0) is 43.2 Å². The summed E-state index contributed by atoms with van der Waals surface area (Å²) in [5.74, 6) is 0.747. The zero-order valence-corrected chi connectivity index (χ0v) is 16.5. The van der Waals surface area contributed by atoms with E-state index in [0.29, 0.717) is 11.5 Å². The molecule has 28 heavy (non-hydrogen) atoms. The predicted molar refractivity (Wildman–Crippen MR) is 105 cm³/mol. The molecule has 0 saturated heterocycles. The van der Waals surface area contributed by atoms with E-state index in [2.05, 4.69) is 19.5 Å². The van der Waals surface area contributed by atoms with Crippen LogP contribution >= 0.6 is 11.6 Å². The minimum absolute atomic E-state index is 0.131. The maximum absolute atomic E-state index is 14.1. The van der Waals surface area contributed by atoms with Crippen LogP contribution in [0.5, 0.6) is 0 Å². The van der Waals surface area contributed by atoms with Gasteiger partial charge in [-0.25, -0.2) is 12.8 Å². The molecule has 0 radical (unpaired) electrons. The molecule has 9 heteroatoms. The summed E-state index contributed by atoms with van der Waals surface area (Å²) in [6.07, 6.45) is 4.18. The summed E-state index contributed by atoms with van der Waals surface area (Å²) < 4.78 is 43.7. The average molecular weight is 421 g/mol. The molecule has 0 bridgehead atoms. The van der Waals surface area contributed by atoms with E-state index in [0.717, 1.165) is 55.7 Å². The van der Waals surface area contributed by atoms with Crippen LogP contribution in [0.3, 0.4) is 0 Å². The normalized spacial score (nSPS) is 14.4. The van der Waals surface area contributed by atoms with Gasteiger partial charge >= 0.3 is 0 Å². The monoisotopic (exact) mass is 420 g/mol. The Balaban J connectivity index is 1.65. The number of nitrogens with one attached hydrogen (secondary N) is 1. The fraction of sp³-hybridized carbons (Fsp3) is 0.263. The first-order chi connectivity index (χ1) is 13.4. The van der Waals surface area contributed by atoms with Crippen LogP contribution in [0.4, 0.5) is 10.1 Å². The summed E-state index contributed by atoms with van der Waals surface area (Å²) in [6.45, 7) is 0.837. The lowest BCUT2D eigenvalue weighted by atomic mass is 10.2. The van der Waals surface area contributed by atoms with E-state index >= 15 is 0 Å². The lowest BCUT2D eigenvalue weighted by molar-refractivity contribution is 0.570. The third kappa shape index (κ3) is 3.74. The molecule has 1 aliphatic heterocycles. The minimum Gasteiger partial charge on any atom is -0.311 e. The van der Waals surface area contributed by atoms with Gasteiger partial charge in [0.2, 0.25) is 0 Å². The first-order valence-electron chi connectivity index (χ1n) is 8.94. The number of aryl methyl sites for hydroxylation is 1. The second-order valence-corrected chi connectivity index (χ2v) is 8.75. The van der Waals surface area contributed by atoms with Crippen molar-refractivity contribution in [3.63, 3.8) is 0 Å². The van der Waals surface area contributed by atoms with Crippen LogP contribution in [0, 0.1) is 5.82 Å². The molecule has 1 aromatic heterocycles. The van der Waals surface area contributed by atoms with Gasteiger partial charge in [0.05, 0.1) is 0 Å². The summed E-state index contributed by atoms with van der Waals surface area (Å²) >= 11 is 5.70. The SMILES string of the molecule is O=S(=O)(Nc1cccc(-c2nnc3n2CCCCC3)c1)c1ccc(Cl)cc1F. The summed E-state index contributed by atoms with van der Waals surface area (Å²) in [6, 6.07) is 10.3. The number of aromatic nitrogens is 3. The van der Waals surface area contributed by atoms with Gasteiger partial charge in [0.1, 0.15) is 16.5 Å². The zero-order chi connectivity index (χ0) is 19.7. The smallest absolute Gasteiger partial charge is 0.264 e. The van der Waals surface area contributed by atoms with Gasteiger partial charge in [-0.3, -0.25) is 4.72 Å². The van der Waals surface area contributed by atoms with E-state index in [1.807, 2.05) is 6.07 Å². The van der Waals surface area contributed by atoms with Crippen LogP contribution in [0.15, 0.2) is 47.4 Å². The van der Waals surface area contributed by atoms with Crippen LogP contribution in [0.25, 0.3) is 11.4 Å². The maximum atomic E-state index is 14.1. The number of hydrogen-bond donors (Lipinski definition) is 1.